The molecule has 1 N–H and O–H groups in total. The second kappa shape index (κ2) is 8.07. The number of halogens is 3. The Balaban J connectivity index is 1.85. The number of benzene rings is 2. The lowest BCUT2D eigenvalue weighted by Gasteiger charge is -2.12. The van der Waals surface area contributed by atoms with Crippen LogP contribution in [0.25, 0.3) is 10.6 Å². The summed E-state index contributed by atoms with van der Waals surface area (Å²) in [5, 5.41) is 1.49. The van der Waals surface area contributed by atoms with E-state index in [0.29, 0.717) is 10.6 Å². The number of methoxy groups -OCH3 is 1. The van der Waals surface area contributed by atoms with Gasteiger partial charge in [-0.05, 0) is 36.4 Å². The molecule has 6 nitrogen and oxygen atoms in total. The van der Waals surface area contributed by atoms with Crippen molar-refractivity contribution in [2.24, 2.45) is 0 Å². The Labute approximate surface area is 162 Å². The van der Waals surface area contributed by atoms with Crippen LogP contribution in [0.2, 0.25) is 0 Å². The van der Waals surface area contributed by atoms with Gasteiger partial charge < -0.3 is 9.47 Å². The van der Waals surface area contributed by atoms with E-state index in [9.17, 15) is 21.6 Å². The van der Waals surface area contributed by atoms with Crippen LogP contribution in [0.5, 0.6) is 11.5 Å². The normalized spacial score (nSPS) is 11.5. The van der Waals surface area contributed by atoms with Gasteiger partial charge >= 0.3 is 6.61 Å². The number of thiazole rings is 1. The number of hydrogen-bond donors (Lipinski definition) is 1. The molecule has 0 radical (unpaired) electrons. The van der Waals surface area contributed by atoms with Crippen molar-refractivity contribution in [2.75, 3.05) is 11.8 Å². The summed E-state index contributed by atoms with van der Waals surface area (Å²) in [4.78, 5) is 4.07. The first-order valence-electron chi connectivity index (χ1n) is 7.65. The predicted molar refractivity (Wildman–Crippen MR) is 97.9 cm³/mol. The maximum Gasteiger partial charge on any atom is 0.387 e. The fourth-order valence-electron chi connectivity index (χ4n) is 2.24. The number of aromatic nitrogens is 1. The third kappa shape index (κ3) is 4.54. The van der Waals surface area contributed by atoms with Crippen molar-refractivity contribution in [3.8, 4) is 22.1 Å². The number of alkyl halides is 2. The van der Waals surface area contributed by atoms with Crippen molar-refractivity contribution < 1.29 is 31.1 Å². The molecule has 1 heterocycles. The molecule has 0 spiro atoms. The molecule has 0 amide bonds. The molecular formula is C17H13F3N2O4S2. The Morgan fingerprint density at radius 3 is 2.50 bits per heavy atom. The minimum Gasteiger partial charge on any atom is -0.494 e. The van der Waals surface area contributed by atoms with Gasteiger partial charge in [0.1, 0.15) is 22.3 Å². The van der Waals surface area contributed by atoms with E-state index < -0.39 is 22.5 Å². The fraction of sp³-hybridized carbons (Fsp3) is 0.118. The standard InChI is InChI=1S/C17H13F3N2O4S2/c1-25-14-8-12(26-17(19)20)6-7-13(14)22-28(23,24)15-9-27-16(21-15)10-2-4-11(18)5-3-10/h2-9,17,22H,1H3. The first kappa shape index (κ1) is 20.0. The van der Waals surface area contributed by atoms with Crippen LogP contribution in [0.3, 0.4) is 0 Å². The molecule has 11 heteroatoms. The highest BCUT2D eigenvalue weighted by molar-refractivity contribution is 7.92. The smallest absolute Gasteiger partial charge is 0.387 e. The van der Waals surface area contributed by atoms with Crippen LogP contribution < -0.4 is 14.2 Å². The van der Waals surface area contributed by atoms with Gasteiger partial charge in [-0.1, -0.05) is 0 Å². The van der Waals surface area contributed by atoms with Crippen molar-refractivity contribution in [3.63, 3.8) is 0 Å². The molecule has 28 heavy (non-hydrogen) atoms. The Morgan fingerprint density at radius 1 is 1.14 bits per heavy atom. The lowest BCUT2D eigenvalue weighted by molar-refractivity contribution is -0.0499. The summed E-state index contributed by atoms with van der Waals surface area (Å²) in [6.07, 6.45) is 0. The van der Waals surface area contributed by atoms with Gasteiger partial charge in [0.25, 0.3) is 10.0 Å². The van der Waals surface area contributed by atoms with Crippen LogP contribution >= 0.6 is 11.3 Å². The Hall–Kier alpha value is -2.79. The van der Waals surface area contributed by atoms with Crippen molar-refractivity contribution in [2.45, 2.75) is 11.6 Å². The molecule has 2 aromatic carbocycles. The quantitative estimate of drug-likeness (QED) is 0.603. The number of nitrogens with zero attached hydrogens (tertiary/aromatic N) is 1. The summed E-state index contributed by atoms with van der Waals surface area (Å²) >= 11 is 1.08. The van der Waals surface area contributed by atoms with Crippen LogP contribution in [0, 0.1) is 5.82 Å². The minimum atomic E-state index is -4.07. The number of hydrogen-bond acceptors (Lipinski definition) is 6. The second-order valence-electron chi connectivity index (χ2n) is 5.34. The van der Waals surface area contributed by atoms with E-state index in [0.717, 1.165) is 17.4 Å². The highest BCUT2D eigenvalue weighted by Crippen LogP contribution is 2.32. The number of anilines is 1. The zero-order valence-corrected chi connectivity index (χ0v) is 15.9. The van der Waals surface area contributed by atoms with Gasteiger partial charge in [-0.2, -0.15) is 17.2 Å². The van der Waals surface area contributed by atoms with Crippen LogP contribution in [0.1, 0.15) is 0 Å². The van der Waals surface area contributed by atoms with E-state index in [1.165, 1.54) is 48.9 Å². The first-order valence-corrected chi connectivity index (χ1v) is 10.0. The predicted octanol–water partition coefficient (Wildman–Crippen LogP) is 4.36. The van der Waals surface area contributed by atoms with Gasteiger partial charge in [0, 0.05) is 17.0 Å². The van der Waals surface area contributed by atoms with Gasteiger partial charge in [0.15, 0.2) is 5.03 Å². The molecule has 0 fully saturated rings. The third-order valence-corrected chi connectivity index (χ3v) is 5.78. The van der Waals surface area contributed by atoms with E-state index >= 15 is 0 Å². The second-order valence-corrected chi connectivity index (χ2v) is 7.83. The molecule has 0 aliphatic rings. The van der Waals surface area contributed by atoms with E-state index in [1.807, 2.05) is 0 Å². The van der Waals surface area contributed by atoms with Crippen LogP contribution in [-0.4, -0.2) is 27.1 Å². The summed E-state index contributed by atoms with van der Waals surface area (Å²) in [6, 6.07) is 9.02. The van der Waals surface area contributed by atoms with E-state index in [4.69, 9.17) is 4.74 Å². The first-order chi connectivity index (χ1) is 13.3. The molecule has 0 atom stereocenters. The van der Waals surface area contributed by atoms with Crippen molar-refractivity contribution in [1.82, 2.24) is 4.98 Å². The lowest BCUT2D eigenvalue weighted by Crippen LogP contribution is -2.14. The molecule has 3 aromatic rings. The summed E-state index contributed by atoms with van der Waals surface area (Å²) in [5.41, 5.74) is 0.597. The molecule has 0 saturated heterocycles. The number of sulfonamides is 1. The molecule has 0 unspecified atom stereocenters. The lowest BCUT2D eigenvalue weighted by atomic mass is 10.2. The third-order valence-electron chi connectivity index (χ3n) is 3.49. The Morgan fingerprint density at radius 2 is 1.86 bits per heavy atom. The summed E-state index contributed by atoms with van der Waals surface area (Å²) < 4.78 is 74.4. The topological polar surface area (TPSA) is 77.5 Å². The van der Waals surface area contributed by atoms with E-state index in [1.54, 1.807) is 0 Å². The SMILES string of the molecule is COc1cc(OC(F)F)ccc1NS(=O)(=O)c1csc(-c2ccc(F)cc2)n1. The van der Waals surface area contributed by atoms with Crippen LogP contribution in [0.15, 0.2) is 52.9 Å². The summed E-state index contributed by atoms with van der Waals surface area (Å²) in [5.74, 6) is -0.598. The zero-order valence-electron chi connectivity index (χ0n) is 14.2. The fourth-order valence-corrected chi connectivity index (χ4v) is 4.41. The van der Waals surface area contributed by atoms with E-state index in [-0.39, 0.29) is 22.2 Å². The molecule has 148 valence electrons. The highest BCUT2D eigenvalue weighted by Gasteiger charge is 2.21. The molecule has 0 aliphatic heterocycles. The average molecular weight is 430 g/mol. The van der Waals surface area contributed by atoms with Crippen molar-refractivity contribution in [1.29, 1.82) is 0 Å². The zero-order chi connectivity index (χ0) is 20.3. The van der Waals surface area contributed by atoms with Gasteiger partial charge in [-0.3, -0.25) is 4.72 Å². The Kier molecular flexibility index (Phi) is 5.75. The maximum absolute atomic E-state index is 13.0. The molecule has 3 rings (SSSR count). The molecule has 0 saturated carbocycles. The summed E-state index contributed by atoms with van der Waals surface area (Å²) in [7, 11) is -2.81. The largest absolute Gasteiger partial charge is 0.494 e. The van der Waals surface area contributed by atoms with Gasteiger partial charge in [-0.25, -0.2) is 9.37 Å². The Bertz CT molecular complexity index is 1070. The number of rotatable bonds is 7. The molecular weight excluding hydrogens is 417 g/mol. The maximum atomic E-state index is 13.0. The van der Waals surface area contributed by atoms with Crippen LogP contribution in [0.4, 0.5) is 18.9 Å². The molecule has 0 bridgehead atoms. The highest BCUT2D eigenvalue weighted by atomic mass is 32.2. The van der Waals surface area contributed by atoms with Crippen molar-refractivity contribution >= 4 is 27.0 Å². The van der Waals surface area contributed by atoms with Gasteiger partial charge in [0.05, 0.1) is 12.8 Å². The molecule has 0 aliphatic carbocycles. The average Bonchev–Trinajstić information content (AvgIpc) is 3.14. The molecule has 1 aromatic heterocycles. The van der Waals surface area contributed by atoms with E-state index in [2.05, 4.69) is 14.4 Å². The minimum absolute atomic E-state index is 0.00397. The summed E-state index contributed by atoms with van der Waals surface area (Å²) in [6.45, 7) is -3.02. The van der Waals surface area contributed by atoms with Crippen LogP contribution in [-0.2, 0) is 10.0 Å². The number of nitrogens with one attached hydrogen (secondary N) is 1. The number of ether oxygens (including phenoxy) is 2. The van der Waals surface area contributed by atoms with Gasteiger partial charge in [-0.15, -0.1) is 11.3 Å². The van der Waals surface area contributed by atoms with Crippen molar-refractivity contribution in [3.05, 3.63) is 53.7 Å². The monoisotopic (exact) mass is 430 g/mol. The van der Waals surface area contributed by atoms with Gasteiger partial charge in [0.2, 0.25) is 0 Å².